The fraction of sp³-hybridized carbons (Fsp3) is 0.438. The fourth-order valence-electron chi connectivity index (χ4n) is 2.84. The molecular weight excluding hydrogens is 293 g/mol. The molecule has 0 heterocycles. The third kappa shape index (κ3) is 2.87. The molecule has 2 atom stereocenters. The molecule has 0 spiro atoms. The van der Waals surface area contributed by atoms with Crippen LogP contribution in [0.15, 0.2) is 40.9 Å². The van der Waals surface area contributed by atoms with Gasteiger partial charge < -0.3 is 4.90 Å². The smallest absolute Gasteiger partial charge is 0.231 e. The number of allylic oxidation sites excluding steroid dienone is 1. The predicted octanol–water partition coefficient (Wildman–Crippen LogP) is 4.63. The number of hydrogen-bond acceptors (Lipinski definition) is 1. The van der Waals surface area contributed by atoms with Gasteiger partial charge in [0.1, 0.15) is 4.49 Å². The Balaban J connectivity index is 2.21. The number of hydrogen-bond donors (Lipinski definition) is 0. The molecule has 1 aromatic rings. The van der Waals surface area contributed by atoms with E-state index in [1.807, 2.05) is 42.2 Å². The first-order valence-electron chi connectivity index (χ1n) is 6.78. The van der Waals surface area contributed by atoms with E-state index < -0.39 is 0 Å². The van der Waals surface area contributed by atoms with Gasteiger partial charge in [0.2, 0.25) is 5.91 Å². The number of carbonyl (C=O) groups is 1. The van der Waals surface area contributed by atoms with Crippen LogP contribution in [0.4, 0.5) is 5.69 Å². The molecule has 108 valence electrons. The first kappa shape index (κ1) is 15.4. The van der Waals surface area contributed by atoms with Gasteiger partial charge in [-0.2, -0.15) is 0 Å². The van der Waals surface area contributed by atoms with Gasteiger partial charge in [-0.25, -0.2) is 0 Å². The van der Waals surface area contributed by atoms with E-state index in [2.05, 4.69) is 13.8 Å². The number of anilines is 1. The van der Waals surface area contributed by atoms with E-state index >= 15 is 0 Å². The van der Waals surface area contributed by atoms with Crippen LogP contribution in [0.2, 0.25) is 0 Å². The molecular formula is C16H19Cl2NO. The lowest BCUT2D eigenvalue weighted by molar-refractivity contribution is -0.120. The van der Waals surface area contributed by atoms with Crippen molar-refractivity contribution in [3.8, 4) is 0 Å². The molecule has 1 aliphatic carbocycles. The Bertz CT molecular complexity index is 521. The molecule has 0 saturated heterocycles. The molecule has 20 heavy (non-hydrogen) atoms. The van der Waals surface area contributed by atoms with Crippen LogP contribution in [0, 0.1) is 17.3 Å². The van der Waals surface area contributed by atoms with Crippen molar-refractivity contribution in [2.24, 2.45) is 17.3 Å². The summed E-state index contributed by atoms with van der Waals surface area (Å²) >= 11 is 11.5. The van der Waals surface area contributed by atoms with Crippen molar-refractivity contribution in [1.29, 1.82) is 0 Å². The molecule has 1 amide bonds. The highest BCUT2D eigenvalue weighted by atomic mass is 35.5. The molecule has 0 unspecified atom stereocenters. The lowest BCUT2D eigenvalue weighted by Crippen LogP contribution is -2.33. The second-order valence-electron chi connectivity index (χ2n) is 5.70. The van der Waals surface area contributed by atoms with Crippen molar-refractivity contribution in [3.63, 3.8) is 0 Å². The number of para-hydroxylation sites is 1. The Hall–Kier alpha value is -0.990. The highest BCUT2D eigenvalue weighted by molar-refractivity contribution is 6.55. The normalized spacial score (nSPS) is 23.1. The second-order valence-corrected chi connectivity index (χ2v) is 6.71. The monoisotopic (exact) mass is 311 g/mol. The van der Waals surface area contributed by atoms with E-state index in [1.165, 1.54) is 0 Å². The third-order valence-electron chi connectivity index (χ3n) is 4.13. The molecule has 1 aromatic carbocycles. The maximum atomic E-state index is 12.8. The zero-order valence-electron chi connectivity index (χ0n) is 11.9. The maximum absolute atomic E-state index is 12.8. The predicted molar refractivity (Wildman–Crippen MR) is 85.0 cm³/mol. The van der Waals surface area contributed by atoms with E-state index in [9.17, 15) is 4.79 Å². The van der Waals surface area contributed by atoms with Crippen LogP contribution in [-0.2, 0) is 4.79 Å². The van der Waals surface area contributed by atoms with Gasteiger partial charge in [0.25, 0.3) is 0 Å². The lowest BCUT2D eigenvalue weighted by Gasteiger charge is -2.21. The number of rotatable bonds is 4. The van der Waals surface area contributed by atoms with Crippen molar-refractivity contribution in [2.45, 2.75) is 20.8 Å². The van der Waals surface area contributed by atoms with E-state index in [0.29, 0.717) is 6.54 Å². The molecule has 2 rings (SSSR count). The Morgan fingerprint density at radius 3 is 2.40 bits per heavy atom. The summed E-state index contributed by atoms with van der Waals surface area (Å²) in [6, 6.07) is 9.74. The molecule has 0 N–H and O–H groups in total. The first-order chi connectivity index (χ1) is 9.39. The number of amides is 1. The molecule has 0 bridgehead atoms. The Morgan fingerprint density at radius 1 is 1.30 bits per heavy atom. The third-order valence-corrected chi connectivity index (χ3v) is 4.38. The maximum Gasteiger partial charge on any atom is 0.231 e. The summed E-state index contributed by atoms with van der Waals surface area (Å²) in [4.78, 5) is 14.6. The average Bonchev–Trinajstić information content (AvgIpc) is 2.92. The minimum absolute atomic E-state index is 0.0600. The van der Waals surface area contributed by atoms with Crippen molar-refractivity contribution >= 4 is 34.8 Å². The number of carbonyl (C=O) groups excluding carboxylic acids is 1. The molecule has 2 nitrogen and oxygen atoms in total. The average molecular weight is 312 g/mol. The Labute approximate surface area is 130 Å². The highest BCUT2D eigenvalue weighted by Gasteiger charge is 2.61. The van der Waals surface area contributed by atoms with Crippen LogP contribution in [0.25, 0.3) is 0 Å². The van der Waals surface area contributed by atoms with E-state index in [-0.39, 0.29) is 27.6 Å². The van der Waals surface area contributed by atoms with Gasteiger partial charge in [0.15, 0.2) is 0 Å². The second kappa shape index (κ2) is 5.79. The van der Waals surface area contributed by atoms with Crippen LogP contribution in [0.3, 0.4) is 0 Å². The van der Waals surface area contributed by atoms with Crippen molar-refractivity contribution < 1.29 is 4.79 Å². The van der Waals surface area contributed by atoms with Gasteiger partial charge in [0.05, 0.1) is 5.92 Å². The summed E-state index contributed by atoms with van der Waals surface area (Å²) in [5.41, 5.74) is 0.844. The zero-order valence-corrected chi connectivity index (χ0v) is 13.4. The van der Waals surface area contributed by atoms with Gasteiger partial charge in [0, 0.05) is 12.2 Å². The molecule has 1 aliphatic rings. The summed E-state index contributed by atoms with van der Waals surface area (Å²) in [7, 11) is 0. The quantitative estimate of drug-likeness (QED) is 0.793. The summed E-state index contributed by atoms with van der Waals surface area (Å²) in [5.74, 6) is 0.187. The van der Waals surface area contributed by atoms with Crippen LogP contribution in [-0.4, -0.2) is 12.5 Å². The SMILES string of the molecule is CCN(C(=O)[C@@H]1[C@H](C=C(Cl)Cl)C1(C)C)c1ccccc1. The largest absolute Gasteiger partial charge is 0.312 e. The Morgan fingerprint density at radius 2 is 1.90 bits per heavy atom. The van der Waals surface area contributed by atoms with Crippen LogP contribution in [0.1, 0.15) is 20.8 Å². The minimum atomic E-state index is -0.0890. The minimum Gasteiger partial charge on any atom is -0.312 e. The zero-order chi connectivity index (χ0) is 14.9. The van der Waals surface area contributed by atoms with Gasteiger partial charge in [-0.05, 0) is 36.5 Å². The van der Waals surface area contributed by atoms with Crippen molar-refractivity contribution in [1.82, 2.24) is 0 Å². The summed E-state index contributed by atoms with van der Waals surface area (Å²) < 4.78 is 0.237. The molecule has 1 saturated carbocycles. The molecule has 0 radical (unpaired) electrons. The lowest BCUT2D eigenvalue weighted by atomic mass is 10.1. The van der Waals surface area contributed by atoms with Gasteiger partial charge in [-0.1, -0.05) is 55.2 Å². The fourth-order valence-corrected chi connectivity index (χ4v) is 3.11. The Kier molecular flexibility index (Phi) is 4.46. The summed E-state index contributed by atoms with van der Waals surface area (Å²) in [5, 5.41) is 0. The van der Waals surface area contributed by atoms with E-state index in [1.54, 1.807) is 6.08 Å². The van der Waals surface area contributed by atoms with Crippen LogP contribution < -0.4 is 4.90 Å². The number of benzene rings is 1. The van der Waals surface area contributed by atoms with Crippen LogP contribution >= 0.6 is 23.2 Å². The summed E-state index contributed by atoms with van der Waals surface area (Å²) in [6.07, 6.45) is 1.78. The van der Waals surface area contributed by atoms with Gasteiger partial charge in [-0.3, -0.25) is 4.79 Å². The van der Waals surface area contributed by atoms with E-state index in [0.717, 1.165) is 5.69 Å². The first-order valence-corrected chi connectivity index (χ1v) is 7.54. The molecule has 0 aliphatic heterocycles. The molecule has 1 fully saturated rings. The molecule has 0 aromatic heterocycles. The van der Waals surface area contributed by atoms with Gasteiger partial charge in [-0.15, -0.1) is 0 Å². The van der Waals surface area contributed by atoms with Crippen molar-refractivity contribution in [3.05, 3.63) is 40.9 Å². The standard InChI is InChI=1S/C16H19Cl2NO/c1-4-19(11-8-6-5-7-9-11)15(20)14-12(10-13(17)18)16(14,2)3/h5-10,12,14H,4H2,1-3H3/t12-,14-/m0/s1. The van der Waals surface area contributed by atoms with E-state index in [4.69, 9.17) is 23.2 Å². The summed E-state index contributed by atoms with van der Waals surface area (Å²) in [6.45, 7) is 6.79. The van der Waals surface area contributed by atoms with Crippen molar-refractivity contribution in [2.75, 3.05) is 11.4 Å². The molecule has 4 heteroatoms. The number of nitrogens with zero attached hydrogens (tertiary/aromatic N) is 1. The highest BCUT2D eigenvalue weighted by Crippen LogP contribution is 2.60. The van der Waals surface area contributed by atoms with Gasteiger partial charge >= 0.3 is 0 Å². The number of halogens is 2. The topological polar surface area (TPSA) is 20.3 Å². The van der Waals surface area contributed by atoms with Crippen LogP contribution in [0.5, 0.6) is 0 Å².